The molecular weight excluding hydrogens is 413 g/mol. The molecule has 0 saturated carbocycles. The molecule has 1 aliphatic heterocycles. The maximum atomic E-state index is 12.4. The summed E-state index contributed by atoms with van der Waals surface area (Å²) < 4.78 is 46.7. The van der Waals surface area contributed by atoms with Gasteiger partial charge in [0, 0.05) is 0 Å². The second-order valence-electron chi connectivity index (χ2n) is 8.06. The Morgan fingerprint density at radius 3 is 2.59 bits per heavy atom. The van der Waals surface area contributed by atoms with E-state index in [2.05, 4.69) is 48.3 Å². The molecule has 2 aliphatic rings. The maximum Gasteiger partial charge on any atom is 0.524 e. The molecule has 0 aromatic rings. The summed E-state index contributed by atoms with van der Waals surface area (Å²) in [5.74, 6) is 0. The van der Waals surface area contributed by atoms with Crippen LogP contribution < -0.4 is 0 Å². The number of hydrogen-bond acceptors (Lipinski definition) is 2. The van der Waals surface area contributed by atoms with Gasteiger partial charge < -0.3 is 4.74 Å². The zero-order valence-electron chi connectivity index (χ0n) is 18.8. The lowest BCUT2D eigenvalue weighted by molar-refractivity contribution is -0.379. The second-order valence-corrected chi connectivity index (χ2v) is 8.06. The lowest BCUT2D eigenvalue weighted by atomic mass is 9.89. The Hall–Kier alpha value is -2.11. The van der Waals surface area contributed by atoms with Gasteiger partial charge in [-0.1, -0.05) is 66.3 Å². The maximum absolute atomic E-state index is 12.4. The topological polar surface area (TPSA) is 18.5 Å². The van der Waals surface area contributed by atoms with Gasteiger partial charge in [-0.25, -0.2) is 0 Å². The van der Waals surface area contributed by atoms with Crippen molar-refractivity contribution >= 4 is 0 Å². The van der Waals surface area contributed by atoms with E-state index >= 15 is 0 Å². The van der Waals surface area contributed by atoms with Gasteiger partial charge >= 0.3 is 6.36 Å². The van der Waals surface area contributed by atoms with E-state index in [0.717, 1.165) is 44.9 Å². The minimum atomic E-state index is -4.65. The van der Waals surface area contributed by atoms with Crippen LogP contribution in [0.3, 0.4) is 0 Å². The lowest BCUT2D eigenvalue weighted by Crippen LogP contribution is -2.27. The van der Waals surface area contributed by atoms with E-state index in [1.165, 1.54) is 22.3 Å². The molecule has 1 heterocycles. The summed E-state index contributed by atoms with van der Waals surface area (Å²) in [5.41, 5.74) is 5.33. The van der Waals surface area contributed by atoms with Gasteiger partial charge in [-0.05, 0) is 75.4 Å². The SMILES string of the molecule is C=C/C=C(\C=C/CC=C)C1=CC=C(CC/C2=C/CCOC(OC(F)(F)F)CCCC2)CC1. The molecule has 2 nitrogen and oxygen atoms in total. The fourth-order valence-corrected chi connectivity index (χ4v) is 3.92. The van der Waals surface area contributed by atoms with Crippen LogP contribution >= 0.6 is 0 Å². The van der Waals surface area contributed by atoms with Gasteiger partial charge in [0.2, 0.25) is 0 Å². The van der Waals surface area contributed by atoms with E-state index in [9.17, 15) is 13.2 Å². The Morgan fingerprint density at radius 2 is 1.91 bits per heavy atom. The molecule has 0 amide bonds. The highest BCUT2D eigenvalue weighted by molar-refractivity contribution is 5.45. The first-order chi connectivity index (χ1) is 15.4. The predicted molar refractivity (Wildman–Crippen MR) is 125 cm³/mol. The minimum Gasteiger partial charge on any atom is -0.352 e. The molecular formula is C27H35F3O2. The molecule has 0 N–H and O–H groups in total. The molecule has 176 valence electrons. The molecule has 5 heteroatoms. The van der Waals surface area contributed by atoms with E-state index in [-0.39, 0.29) is 13.0 Å². The van der Waals surface area contributed by atoms with Gasteiger partial charge in [0.25, 0.3) is 0 Å². The van der Waals surface area contributed by atoms with Crippen LogP contribution in [-0.4, -0.2) is 19.3 Å². The van der Waals surface area contributed by atoms with Crippen LogP contribution in [0.5, 0.6) is 0 Å². The quantitative estimate of drug-likeness (QED) is 0.260. The Labute approximate surface area is 190 Å². The average Bonchev–Trinajstić information content (AvgIpc) is 2.76. The standard InChI is InChI=1S/C27H35F3O2/c1-3-5-6-13-24(10-4-2)25-19-17-23(18-20-25)16-15-22-11-7-8-14-26(31-21-9-12-22)32-27(28,29)30/h3-4,6,10,12-13,17,19,26H,1-2,5,7-9,11,14-16,18,20-21H2/b13-6-,22-12+,24-10+. The average molecular weight is 449 g/mol. The van der Waals surface area contributed by atoms with Crippen molar-refractivity contribution in [3.05, 3.63) is 84.1 Å². The Kier molecular flexibility index (Phi) is 11.5. The van der Waals surface area contributed by atoms with E-state index in [0.29, 0.717) is 12.8 Å². The first-order valence-electron chi connectivity index (χ1n) is 11.4. The monoisotopic (exact) mass is 448 g/mol. The van der Waals surface area contributed by atoms with Crippen molar-refractivity contribution in [2.45, 2.75) is 76.9 Å². The van der Waals surface area contributed by atoms with Gasteiger partial charge in [0.1, 0.15) is 0 Å². The molecule has 0 saturated heterocycles. The zero-order valence-corrected chi connectivity index (χ0v) is 18.8. The van der Waals surface area contributed by atoms with Crippen molar-refractivity contribution in [1.29, 1.82) is 0 Å². The van der Waals surface area contributed by atoms with Gasteiger partial charge in [-0.2, -0.15) is 0 Å². The van der Waals surface area contributed by atoms with Crippen molar-refractivity contribution < 1.29 is 22.6 Å². The molecule has 1 unspecified atom stereocenters. The number of hydrogen-bond donors (Lipinski definition) is 0. The van der Waals surface area contributed by atoms with Crippen molar-refractivity contribution in [3.8, 4) is 0 Å². The highest BCUT2D eigenvalue weighted by atomic mass is 19.4. The molecule has 2 rings (SSSR count). The molecule has 0 fully saturated rings. The number of ether oxygens (including phenoxy) is 2. The van der Waals surface area contributed by atoms with Crippen molar-refractivity contribution in [1.82, 2.24) is 0 Å². The van der Waals surface area contributed by atoms with Crippen LogP contribution in [-0.2, 0) is 9.47 Å². The largest absolute Gasteiger partial charge is 0.524 e. The second kappa shape index (κ2) is 14.1. The van der Waals surface area contributed by atoms with Gasteiger partial charge in [0.05, 0.1) is 6.61 Å². The van der Waals surface area contributed by atoms with E-state index in [1.807, 2.05) is 18.2 Å². The van der Waals surface area contributed by atoms with Crippen LogP contribution in [0.2, 0.25) is 0 Å². The molecule has 32 heavy (non-hydrogen) atoms. The van der Waals surface area contributed by atoms with Crippen LogP contribution in [0.4, 0.5) is 13.2 Å². The third kappa shape index (κ3) is 10.5. The smallest absolute Gasteiger partial charge is 0.352 e. The van der Waals surface area contributed by atoms with Crippen LogP contribution in [0.25, 0.3) is 0 Å². The van der Waals surface area contributed by atoms with Crippen LogP contribution in [0, 0.1) is 0 Å². The third-order valence-corrected chi connectivity index (χ3v) is 5.58. The van der Waals surface area contributed by atoms with Gasteiger partial charge in [0.15, 0.2) is 6.29 Å². The Bertz CT molecular complexity index is 766. The lowest BCUT2D eigenvalue weighted by Gasteiger charge is -2.21. The molecule has 0 aromatic carbocycles. The number of allylic oxidation sites excluding steroid dienone is 11. The Morgan fingerprint density at radius 1 is 1.09 bits per heavy atom. The highest BCUT2D eigenvalue weighted by Crippen LogP contribution is 2.30. The van der Waals surface area contributed by atoms with Crippen molar-refractivity contribution in [3.63, 3.8) is 0 Å². The van der Waals surface area contributed by atoms with Crippen LogP contribution in [0.15, 0.2) is 84.1 Å². The molecule has 0 bridgehead atoms. The normalized spacial score (nSPS) is 23.2. The summed E-state index contributed by atoms with van der Waals surface area (Å²) in [6, 6.07) is 0. The molecule has 1 aliphatic carbocycles. The summed E-state index contributed by atoms with van der Waals surface area (Å²) in [5, 5.41) is 0. The van der Waals surface area contributed by atoms with Crippen LogP contribution in [0.1, 0.15) is 64.2 Å². The van der Waals surface area contributed by atoms with Gasteiger partial charge in [-0.15, -0.1) is 19.8 Å². The summed E-state index contributed by atoms with van der Waals surface area (Å²) in [6.45, 7) is 7.82. The predicted octanol–water partition coefficient (Wildman–Crippen LogP) is 8.43. The van der Waals surface area contributed by atoms with Gasteiger partial charge in [-0.3, -0.25) is 4.74 Å². The van der Waals surface area contributed by atoms with E-state index < -0.39 is 12.7 Å². The summed E-state index contributed by atoms with van der Waals surface area (Å²) in [6.07, 6.45) is 18.9. The molecule has 1 atom stereocenters. The summed E-state index contributed by atoms with van der Waals surface area (Å²) in [7, 11) is 0. The molecule has 0 spiro atoms. The summed E-state index contributed by atoms with van der Waals surface area (Å²) in [4.78, 5) is 0. The molecule has 0 radical (unpaired) electrons. The van der Waals surface area contributed by atoms with Crippen molar-refractivity contribution in [2.24, 2.45) is 0 Å². The zero-order chi connectivity index (χ0) is 23.2. The molecule has 0 aromatic heterocycles. The highest BCUT2D eigenvalue weighted by Gasteiger charge is 2.33. The van der Waals surface area contributed by atoms with E-state index in [1.54, 1.807) is 0 Å². The summed E-state index contributed by atoms with van der Waals surface area (Å²) >= 11 is 0. The fourth-order valence-electron chi connectivity index (χ4n) is 3.92. The number of halogens is 3. The first kappa shape index (κ1) is 26.1. The number of rotatable bonds is 9. The number of alkyl halides is 3. The van der Waals surface area contributed by atoms with E-state index in [4.69, 9.17) is 4.74 Å². The minimum absolute atomic E-state index is 0.247. The Balaban J connectivity index is 1.88. The first-order valence-corrected chi connectivity index (χ1v) is 11.4. The van der Waals surface area contributed by atoms with Crippen molar-refractivity contribution in [2.75, 3.05) is 6.61 Å². The third-order valence-electron chi connectivity index (χ3n) is 5.58. The fraction of sp³-hybridized carbons (Fsp3) is 0.481.